The minimum absolute atomic E-state index is 0.108. The van der Waals surface area contributed by atoms with E-state index >= 15 is 0 Å². The van der Waals surface area contributed by atoms with Gasteiger partial charge in [-0.2, -0.15) is 4.72 Å². The second-order valence-corrected chi connectivity index (χ2v) is 9.85. The van der Waals surface area contributed by atoms with E-state index in [2.05, 4.69) is 15.0 Å². The predicted octanol–water partition coefficient (Wildman–Crippen LogP) is 3.33. The van der Waals surface area contributed by atoms with Gasteiger partial charge in [-0.3, -0.25) is 4.79 Å². The summed E-state index contributed by atoms with van der Waals surface area (Å²) in [5.41, 5.74) is 8.20. The highest BCUT2D eigenvalue weighted by molar-refractivity contribution is 7.89. The zero-order valence-electron chi connectivity index (χ0n) is 18.7. The van der Waals surface area contributed by atoms with E-state index in [4.69, 9.17) is 5.73 Å². The number of nitrogen functional groups attached to an aromatic ring is 1. The maximum atomic E-state index is 13.2. The van der Waals surface area contributed by atoms with Gasteiger partial charge in [0.2, 0.25) is 15.9 Å². The van der Waals surface area contributed by atoms with Crippen molar-refractivity contribution in [3.05, 3.63) is 102 Å². The standard InChI is InChI=1S/C26H26N4O3S/c1-18-9-12-22(13-10-18)34(32,33)30-24(26(31)29-17-19-11-14-25(27)28-16-19)15-21-7-4-6-20-5-2-3-8-23(20)21/h2-14,16,24,30H,15,17H2,1H3,(H2,27,28)(H,29,31)/t24-/m0/s1. The lowest BCUT2D eigenvalue weighted by Gasteiger charge is -2.20. The topological polar surface area (TPSA) is 114 Å². The number of carbonyl (C=O) groups is 1. The second kappa shape index (κ2) is 10.0. The highest BCUT2D eigenvalue weighted by Crippen LogP contribution is 2.21. The molecule has 0 aliphatic rings. The van der Waals surface area contributed by atoms with Gasteiger partial charge >= 0.3 is 0 Å². The van der Waals surface area contributed by atoms with Gasteiger partial charge in [-0.15, -0.1) is 0 Å². The van der Waals surface area contributed by atoms with Crippen LogP contribution in [0, 0.1) is 6.92 Å². The molecule has 0 spiro atoms. The van der Waals surface area contributed by atoms with E-state index < -0.39 is 22.0 Å². The van der Waals surface area contributed by atoms with Crippen LogP contribution in [0.5, 0.6) is 0 Å². The largest absolute Gasteiger partial charge is 0.384 e. The molecule has 34 heavy (non-hydrogen) atoms. The van der Waals surface area contributed by atoms with Crippen LogP contribution in [0.15, 0.2) is 90.0 Å². The van der Waals surface area contributed by atoms with Crippen LogP contribution in [0.4, 0.5) is 5.82 Å². The molecule has 8 heteroatoms. The third-order valence-electron chi connectivity index (χ3n) is 5.56. The highest BCUT2D eigenvalue weighted by atomic mass is 32.2. The first kappa shape index (κ1) is 23.4. The van der Waals surface area contributed by atoms with Gasteiger partial charge in [0.05, 0.1) is 4.90 Å². The molecule has 0 radical (unpaired) electrons. The number of sulfonamides is 1. The molecule has 174 valence electrons. The summed E-state index contributed by atoms with van der Waals surface area (Å²) in [5.74, 6) is -0.0461. The van der Waals surface area contributed by atoms with Crippen LogP contribution in [0.25, 0.3) is 10.8 Å². The van der Waals surface area contributed by atoms with E-state index in [0.717, 1.165) is 27.5 Å². The van der Waals surface area contributed by atoms with Crippen LogP contribution in [0.3, 0.4) is 0 Å². The normalized spacial score (nSPS) is 12.4. The van der Waals surface area contributed by atoms with Crippen LogP contribution in [0.1, 0.15) is 16.7 Å². The van der Waals surface area contributed by atoms with E-state index in [-0.39, 0.29) is 17.9 Å². The number of rotatable bonds is 8. The first-order valence-electron chi connectivity index (χ1n) is 10.9. The minimum Gasteiger partial charge on any atom is -0.384 e. The zero-order valence-corrected chi connectivity index (χ0v) is 19.5. The van der Waals surface area contributed by atoms with Crippen molar-refractivity contribution >= 4 is 32.5 Å². The molecular formula is C26H26N4O3S. The highest BCUT2D eigenvalue weighted by Gasteiger charge is 2.26. The number of carbonyl (C=O) groups excluding carboxylic acids is 1. The van der Waals surface area contributed by atoms with Crippen molar-refractivity contribution in [1.29, 1.82) is 0 Å². The fourth-order valence-electron chi connectivity index (χ4n) is 3.70. The quantitative estimate of drug-likeness (QED) is 0.362. The molecule has 1 amide bonds. The molecule has 1 aromatic heterocycles. The van der Waals surface area contributed by atoms with Crippen LogP contribution < -0.4 is 15.8 Å². The van der Waals surface area contributed by atoms with Gasteiger partial charge in [0.1, 0.15) is 11.9 Å². The van der Waals surface area contributed by atoms with Crippen molar-refractivity contribution in [1.82, 2.24) is 15.0 Å². The van der Waals surface area contributed by atoms with Crippen molar-refractivity contribution in [2.24, 2.45) is 0 Å². The SMILES string of the molecule is Cc1ccc(S(=O)(=O)N[C@@H](Cc2cccc3ccccc23)C(=O)NCc2ccc(N)nc2)cc1. The van der Waals surface area contributed by atoms with Crippen LogP contribution in [-0.2, 0) is 27.8 Å². The fraction of sp³-hybridized carbons (Fsp3) is 0.154. The molecule has 0 saturated carbocycles. The van der Waals surface area contributed by atoms with E-state index in [1.54, 1.807) is 30.5 Å². The molecule has 1 atom stereocenters. The number of nitrogens with zero attached hydrogens (tertiary/aromatic N) is 1. The Morgan fingerprint density at radius 1 is 0.971 bits per heavy atom. The minimum atomic E-state index is -3.92. The summed E-state index contributed by atoms with van der Waals surface area (Å²) in [4.78, 5) is 17.3. The van der Waals surface area contributed by atoms with Gasteiger partial charge < -0.3 is 11.1 Å². The van der Waals surface area contributed by atoms with Gasteiger partial charge in [0.25, 0.3) is 0 Å². The van der Waals surface area contributed by atoms with Gasteiger partial charge in [0.15, 0.2) is 0 Å². The number of nitrogens with two attached hydrogens (primary N) is 1. The summed E-state index contributed by atoms with van der Waals surface area (Å²) >= 11 is 0. The number of hydrogen-bond donors (Lipinski definition) is 3. The molecule has 0 aliphatic heterocycles. The van der Waals surface area contributed by atoms with Crippen molar-refractivity contribution in [3.8, 4) is 0 Å². The van der Waals surface area contributed by atoms with Gasteiger partial charge in [0, 0.05) is 12.7 Å². The molecule has 0 fully saturated rings. The zero-order chi connectivity index (χ0) is 24.1. The van der Waals surface area contributed by atoms with Crippen molar-refractivity contribution in [3.63, 3.8) is 0 Å². The van der Waals surface area contributed by atoms with Gasteiger partial charge in [-0.25, -0.2) is 13.4 Å². The van der Waals surface area contributed by atoms with Crippen molar-refractivity contribution < 1.29 is 13.2 Å². The average molecular weight is 475 g/mol. The maximum Gasteiger partial charge on any atom is 0.241 e. The molecule has 4 N–H and O–H groups in total. The fourth-order valence-corrected chi connectivity index (χ4v) is 4.90. The summed E-state index contributed by atoms with van der Waals surface area (Å²) in [6.45, 7) is 2.08. The first-order valence-corrected chi connectivity index (χ1v) is 12.3. The smallest absolute Gasteiger partial charge is 0.241 e. The molecule has 4 aromatic rings. The van der Waals surface area contributed by atoms with E-state index in [0.29, 0.717) is 5.82 Å². The predicted molar refractivity (Wildman–Crippen MR) is 133 cm³/mol. The number of amides is 1. The summed E-state index contributed by atoms with van der Waals surface area (Å²) in [7, 11) is -3.92. The summed E-state index contributed by atoms with van der Waals surface area (Å²) < 4.78 is 28.8. The molecule has 3 aromatic carbocycles. The Balaban J connectivity index is 1.61. The number of aryl methyl sites for hydroxylation is 1. The first-order chi connectivity index (χ1) is 16.3. The maximum absolute atomic E-state index is 13.2. The number of aromatic nitrogens is 1. The lowest BCUT2D eigenvalue weighted by Crippen LogP contribution is -2.47. The number of hydrogen-bond acceptors (Lipinski definition) is 5. The van der Waals surface area contributed by atoms with Crippen molar-refractivity contribution in [2.75, 3.05) is 5.73 Å². The summed E-state index contributed by atoms with van der Waals surface area (Å²) in [5, 5.41) is 4.82. The number of nitrogens with one attached hydrogen (secondary N) is 2. The molecule has 0 unspecified atom stereocenters. The van der Waals surface area contributed by atoms with Gasteiger partial charge in [-0.1, -0.05) is 66.2 Å². The van der Waals surface area contributed by atoms with Crippen LogP contribution >= 0.6 is 0 Å². The van der Waals surface area contributed by atoms with Gasteiger partial charge in [-0.05, 0) is 53.4 Å². The summed E-state index contributed by atoms with van der Waals surface area (Å²) in [6.07, 6.45) is 1.77. The Morgan fingerprint density at radius 2 is 1.71 bits per heavy atom. The number of anilines is 1. The Labute approximate surface area is 199 Å². The number of pyridine rings is 1. The lowest BCUT2D eigenvalue weighted by molar-refractivity contribution is -0.122. The second-order valence-electron chi connectivity index (χ2n) is 8.14. The molecule has 4 rings (SSSR count). The number of benzene rings is 3. The molecule has 0 aliphatic carbocycles. The van der Waals surface area contributed by atoms with E-state index in [9.17, 15) is 13.2 Å². The van der Waals surface area contributed by atoms with E-state index in [1.807, 2.05) is 49.4 Å². The number of fused-ring (bicyclic) bond motifs is 1. The molecular weight excluding hydrogens is 448 g/mol. The Bertz CT molecular complexity index is 1400. The molecule has 7 nitrogen and oxygen atoms in total. The lowest BCUT2D eigenvalue weighted by atomic mass is 9.99. The average Bonchev–Trinajstić information content (AvgIpc) is 2.83. The summed E-state index contributed by atoms with van der Waals surface area (Å²) in [6, 6.07) is 22.5. The monoisotopic (exact) mass is 474 g/mol. The third-order valence-corrected chi connectivity index (χ3v) is 7.05. The van der Waals surface area contributed by atoms with Crippen LogP contribution in [0.2, 0.25) is 0 Å². The molecule has 1 heterocycles. The molecule has 0 saturated heterocycles. The van der Waals surface area contributed by atoms with E-state index in [1.165, 1.54) is 12.1 Å². The van der Waals surface area contributed by atoms with Crippen molar-refractivity contribution in [2.45, 2.75) is 30.8 Å². The molecule has 0 bridgehead atoms. The Hall–Kier alpha value is -3.75. The third kappa shape index (κ3) is 5.59. The Morgan fingerprint density at radius 3 is 2.44 bits per heavy atom. The van der Waals surface area contributed by atoms with Crippen LogP contribution in [-0.4, -0.2) is 25.4 Å². The Kier molecular flexibility index (Phi) is 6.90.